The molecule has 0 unspecified atom stereocenters. The number of halogens is 2. The second kappa shape index (κ2) is 8.79. The number of piperazine rings is 2. The highest BCUT2D eigenvalue weighted by Gasteiger charge is 2.26. The minimum absolute atomic E-state index is 0.0588. The first kappa shape index (κ1) is 19.1. The van der Waals surface area contributed by atoms with Crippen LogP contribution in [0.25, 0.3) is 0 Å². The van der Waals surface area contributed by atoms with E-state index in [-0.39, 0.29) is 22.4 Å². The Labute approximate surface area is 157 Å². The first-order valence-electron chi connectivity index (χ1n) is 9.00. The van der Waals surface area contributed by atoms with Crippen LogP contribution in [0.15, 0.2) is 18.2 Å². The van der Waals surface area contributed by atoms with Gasteiger partial charge in [0.05, 0.1) is 10.6 Å². The highest BCUT2D eigenvalue weighted by molar-refractivity contribution is 6.33. The molecule has 1 aromatic rings. The summed E-state index contributed by atoms with van der Waals surface area (Å²) >= 11 is 5.99. The lowest BCUT2D eigenvalue weighted by Crippen LogP contribution is -2.50. The van der Waals surface area contributed by atoms with Gasteiger partial charge in [-0.3, -0.25) is 14.5 Å². The third-order valence-corrected chi connectivity index (χ3v) is 5.26. The Morgan fingerprint density at radius 3 is 2.38 bits per heavy atom. The zero-order valence-corrected chi connectivity index (χ0v) is 15.5. The fourth-order valence-corrected chi connectivity index (χ4v) is 3.60. The molecule has 0 aromatic heterocycles. The van der Waals surface area contributed by atoms with Crippen LogP contribution in [0.1, 0.15) is 16.8 Å². The summed E-state index contributed by atoms with van der Waals surface area (Å²) in [6.45, 7) is 6.28. The largest absolute Gasteiger partial charge is 0.340 e. The first-order valence-corrected chi connectivity index (χ1v) is 9.38. The van der Waals surface area contributed by atoms with Gasteiger partial charge < -0.3 is 15.1 Å². The fourth-order valence-electron chi connectivity index (χ4n) is 3.36. The molecule has 2 aliphatic rings. The summed E-state index contributed by atoms with van der Waals surface area (Å²) in [6.07, 6.45) is 0.493. The molecular formula is C18H24ClFN4O2. The molecule has 0 spiro atoms. The number of carbonyl (C=O) groups is 2. The molecule has 142 valence electrons. The van der Waals surface area contributed by atoms with E-state index >= 15 is 0 Å². The summed E-state index contributed by atoms with van der Waals surface area (Å²) in [5.41, 5.74) is -0.0588. The van der Waals surface area contributed by atoms with Crippen LogP contribution in [0.2, 0.25) is 5.02 Å². The topological polar surface area (TPSA) is 55.9 Å². The van der Waals surface area contributed by atoms with Crippen molar-refractivity contribution in [1.82, 2.24) is 20.0 Å². The minimum atomic E-state index is -0.591. The Balaban J connectivity index is 1.47. The molecule has 0 radical (unpaired) electrons. The van der Waals surface area contributed by atoms with Gasteiger partial charge in [-0.1, -0.05) is 17.7 Å². The normalized spacial score (nSPS) is 18.8. The van der Waals surface area contributed by atoms with Crippen molar-refractivity contribution in [3.05, 3.63) is 34.6 Å². The second-order valence-corrected chi connectivity index (χ2v) is 7.02. The fraction of sp³-hybridized carbons (Fsp3) is 0.556. The standard InChI is InChI=1S/C18H24ClFN4O2/c19-14-2-1-3-15(20)17(14)18(26)24-12-10-22(11-13-24)7-4-16(25)23-8-5-21-6-9-23/h1-3,21H,4-13H2. The zero-order valence-electron chi connectivity index (χ0n) is 14.7. The molecule has 2 heterocycles. The van der Waals surface area contributed by atoms with Crippen LogP contribution in [-0.2, 0) is 4.79 Å². The number of nitrogens with one attached hydrogen (secondary N) is 1. The van der Waals surface area contributed by atoms with Crippen LogP contribution >= 0.6 is 11.6 Å². The van der Waals surface area contributed by atoms with E-state index in [1.54, 1.807) is 4.90 Å². The quantitative estimate of drug-likeness (QED) is 0.846. The first-order chi connectivity index (χ1) is 12.6. The van der Waals surface area contributed by atoms with Gasteiger partial charge >= 0.3 is 0 Å². The molecule has 8 heteroatoms. The van der Waals surface area contributed by atoms with Crippen LogP contribution < -0.4 is 5.32 Å². The summed E-state index contributed by atoms with van der Waals surface area (Å²) in [5.74, 6) is -0.778. The zero-order chi connectivity index (χ0) is 18.5. The van der Waals surface area contributed by atoms with Crippen LogP contribution in [0.4, 0.5) is 4.39 Å². The maximum absolute atomic E-state index is 13.9. The predicted molar refractivity (Wildman–Crippen MR) is 97.8 cm³/mol. The van der Waals surface area contributed by atoms with Crippen molar-refractivity contribution in [3.63, 3.8) is 0 Å². The van der Waals surface area contributed by atoms with Gasteiger partial charge in [0.2, 0.25) is 5.91 Å². The number of hydrogen-bond donors (Lipinski definition) is 1. The third kappa shape index (κ3) is 4.52. The predicted octanol–water partition coefficient (Wildman–Crippen LogP) is 1.06. The average molecular weight is 383 g/mol. The lowest BCUT2D eigenvalue weighted by Gasteiger charge is -2.35. The molecule has 0 atom stereocenters. The molecule has 0 aliphatic carbocycles. The Hall–Kier alpha value is -1.70. The van der Waals surface area contributed by atoms with Crippen molar-refractivity contribution < 1.29 is 14.0 Å². The van der Waals surface area contributed by atoms with Crippen molar-refractivity contribution in [2.24, 2.45) is 0 Å². The van der Waals surface area contributed by atoms with Gasteiger partial charge in [-0.2, -0.15) is 0 Å². The van der Waals surface area contributed by atoms with Crippen molar-refractivity contribution in [3.8, 4) is 0 Å². The summed E-state index contributed by atoms with van der Waals surface area (Å²) in [6, 6.07) is 4.26. The number of amides is 2. The summed E-state index contributed by atoms with van der Waals surface area (Å²) in [7, 11) is 0. The third-order valence-electron chi connectivity index (χ3n) is 4.95. The van der Waals surface area contributed by atoms with E-state index < -0.39 is 5.82 Å². The summed E-state index contributed by atoms with van der Waals surface area (Å²) < 4.78 is 13.9. The molecule has 2 amide bonds. The van der Waals surface area contributed by atoms with Crippen molar-refractivity contribution in [2.45, 2.75) is 6.42 Å². The van der Waals surface area contributed by atoms with Gasteiger partial charge in [0.25, 0.3) is 5.91 Å². The van der Waals surface area contributed by atoms with E-state index in [1.165, 1.54) is 18.2 Å². The highest BCUT2D eigenvalue weighted by atomic mass is 35.5. The van der Waals surface area contributed by atoms with Crippen LogP contribution in [0, 0.1) is 5.82 Å². The Kier molecular flexibility index (Phi) is 6.45. The van der Waals surface area contributed by atoms with E-state index in [4.69, 9.17) is 11.6 Å². The van der Waals surface area contributed by atoms with Crippen LogP contribution in [-0.4, -0.2) is 85.4 Å². The molecule has 3 rings (SSSR count). The molecule has 1 N–H and O–H groups in total. The highest BCUT2D eigenvalue weighted by Crippen LogP contribution is 2.21. The number of carbonyl (C=O) groups excluding carboxylic acids is 2. The second-order valence-electron chi connectivity index (χ2n) is 6.61. The Bertz CT molecular complexity index is 638. The molecule has 2 saturated heterocycles. The number of rotatable bonds is 4. The van der Waals surface area contributed by atoms with Crippen LogP contribution in [0.5, 0.6) is 0 Å². The maximum atomic E-state index is 13.9. The molecule has 0 bridgehead atoms. The smallest absolute Gasteiger partial charge is 0.258 e. The maximum Gasteiger partial charge on any atom is 0.258 e. The monoisotopic (exact) mass is 382 g/mol. The average Bonchev–Trinajstić information content (AvgIpc) is 2.67. The molecule has 2 aliphatic heterocycles. The minimum Gasteiger partial charge on any atom is -0.340 e. The lowest BCUT2D eigenvalue weighted by atomic mass is 10.1. The van der Waals surface area contributed by atoms with Gasteiger partial charge in [0.1, 0.15) is 5.82 Å². The molecule has 0 saturated carbocycles. The van der Waals surface area contributed by atoms with E-state index in [9.17, 15) is 14.0 Å². The van der Waals surface area contributed by atoms with Crippen LogP contribution in [0.3, 0.4) is 0 Å². The molecule has 1 aromatic carbocycles. The van der Waals surface area contributed by atoms with Crippen molar-refractivity contribution >= 4 is 23.4 Å². The van der Waals surface area contributed by atoms with E-state index in [1.807, 2.05) is 4.90 Å². The lowest BCUT2D eigenvalue weighted by molar-refractivity contribution is -0.132. The van der Waals surface area contributed by atoms with Crippen molar-refractivity contribution in [1.29, 1.82) is 0 Å². The van der Waals surface area contributed by atoms with E-state index in [2.05, 4.69) is 10.2 Å². The number of benzene rings is 1. The van der Waals surface area contributed by atoms with E-state index in [0.717, 1.165) is 26.2 Å². The SMILES string of the molecule is O=C(CCN1CCN(C(=O)c2c(F)cccc2Cl)CC1)N1CCNCC1. The summed E-state index contributed by atoms with van der Waals surface area (Å²) in [4.78, 5) is 30.5. The number of hydrogen-bond acceptors (Lipinski definition) is 4. The van der Waals surface area contributed by atoms with Gasteiger partial charge in [0, 0.05) is 65.3 Å². The van der Waals surface area contributed by atoms with E-state index in [0.29, 0.717) is 39.1 Å². The summed E-state index contributed by atoms with van der Waals surface area (Å²) in [5, 5.41) is 3.37. The number of nitrogens with zero attached hydrogens (tertiary/aromatic N) is 3. The van der Waals surface area contributed by atoms with Gasteiger partial charge in [-0.25, -0.2) is 4.39 Å². The molecule has 26 heavy (non-hydrogen) atoms. The molecular weight excluding hydrogens is 359 g/mol. The van der Waals surface area contributed by atoms with Gasteiger partial charge in [-0.05, 0) is 12.1 Å². The van der Waals surface area contributed by atoms with Gasteiger partial charge in [-0.15, -0.1) is 0 Å². The molecule has 2 fully saturated rings. The van der Waals surface area contributed by atoms with Gasteiger partial charge in [0.15, 0.2) is 0 Å². The molecule has 6 nitrogen and oxygen atoms in total. The Morgan fingerprint density at radius 2 is 1.73 bits per heavy atom. The Morgan fingerprint density at radius 1 is 1.04 bits per heavy atom. The van der Waals surface area contributed by atoms with Crippen molar-refractivity contribution in [2.75, 3.05) is 58.9 Å².